The van der Waals surface area contributed by atoms with Crippen LogP contribution in [-0.2, 0) is 10.3 Å². The predicted molar refractivity (Wildman–Crippen MR) is 149 cm³/mol. The zero-order chi connectivity index (χ0) is 29.8. The van der Waals surface area contributed by atoms with Crippen LogP contribution < -0.4 is 9.47 Å². The molecule has 1 amide bonds. The lowest BCUT2D eigenvalue weighted by molar-refractivity contribution is -0.284. The molecule has 1 atom stereocenters. The summed E-state index contributed by atoms with van der Waals surface area (Å²) in [6.45, 7) is 0.536. The van der Waals surface area contributed by atoms with Crippen molar-refractivity contribution in [2.45, 2.75) is 56.4 Å². The van der Waals surface area contributed by atoms with E-state index in [1.165, 1.54) is 36.3 Å². The molecule has 0 aromatic heterocycles. The average Bonchev–Trinajstić information content (AvgIpc) is 2.94. The maximum absolute atomic E-state index is 13.9. The van der Waals surface area contributed by atoms with Crippen LogP contribution in [0.4, 0.5) is 13.2 Å². The van der Waals surface area contributed by atoms with E-state index in [9.17, 15) is 23.1 Å². The normalized spacial score (nSPS) is 19.5. The van der Waals surface area contributed by atoms with Crippen molar-refractivity contribution in [3.63, 3.8) is 0 Å². The lowest BCUT2D eigenvalue weighted by Gasteiger charge is -2.46. The number of alkyl halides is 3. The maximum Gasteiger partial charge on any atom is 0.423 e. The average molecular weight is 599 g/mol. The number of benzene rings is 2. The quantitative estimate of drug-likeness (QED) is 0.389. The minimum atomic E-state index is -4.91. The molecule has 41 heavy (non-hydrogen) atoms. The predicted octanol–water partition coefficient (Wildman–Crippen LogP) is 5.88. The van der Waals surface area contributed by atoms with Crippen molar-refractivity contribution < 1.29 is 37.3 Å². The van der Waals surface area contributed by atoms with Crippen LogP contribution in [0.15, 0.2) is 42.5 Å². The van der Waals surface area contributed by atoms with Gasteiger partial charge in [-0.25, -0.2) is 0 Å². The van der Waals surface area contributed by atoms with Crippen molar-refractivity contribution in [1.82, 2.24) is 9.80 Å². The van der Waals surface area contributed by atoms with Gasteiger partial charge in [-0.15, -0.1) is 0 Å². The first-order valence-electron chi connectivity index (χ1n) is 13.8. The van der Waals surface area contributed by atoms with E-state index in [1.807, 2.05) is 4.90 Å². The number of aliphatic hydroxyl groups is 1. The summed E-state index contributed by atoms with van der Waals surface area (Å²) >= 11 is 6.33. The van der Waals surface area contributed by atoms with Crippen LogP contribution in [-0.4, -0.2) is 80.7 Å². The van der Waals surface area contributed by atoms with Gasteiger partial charge in [0.05, 0.1) is 37.1 Å². The Balaban J connectivity index is 1.24. The molecule has 2 aromatic rings. The van der Waals surface area contributed by atoms with Gasteiger partial charge in [0.2, 0.25) is 5.60 Å². The highest BCUT2D eigenvalue weighted by Gasteiger charge is 2.55. The van der Waals surface area contributed by atoms with Crippen molar-refractivity contribution in [3.8, 4) is 11.5 Å². The number of ether oxygens (including phenoxy) is 3. The Morgan fingerprint density at radius 3 is 2.34 bits per heavy atom. The fourth-order valence-electron chi connectivity index (χ4n) is 5.69. The standard InChI is InChI=1S/C30H38ClF3N2O5/c1-35(2)27(37)25-8-7-24(18-26(25)31)41-22-9-11-28(12-10-22)13-15-36(16-14-28)20-40-19-29(38,30(32,33)34)21-5-4-6-23(17-21)39-3/h4-8,17-18,22,38H,9-16,19-20H2,1-3H3. The Morgan fingerprint density at radius 1 is 1.07 bits per heavy atom. The monoisotopic (exact) mass is 598 g/mol. The van der Waals surface area contributed by atoms with Crippen molar-refractivity contribution in [2.24, 2.45) is 5.41 Å². The molecule has 2 aromatic carbocycles. The van der Waals surface area contributed by atoms with Gasteiger partial charge >= 0.3 is 6.18 Å². The summed E-state index contributed by atoms with van der Waals surface area (Å²) in [5.74, 6) is 0.710. The van der Waals surface area contributed by atoms with Crippen molar-refractivity contribution in [3.05, 3.63) is 58.6 Å². The highest BCUT2D eigenvalue weighted by molar-refractivity contribution is 6.34. The van der Waals surface area contributed by atoms with E-state index in [4.69, 9.17) is 25.8 Å². The highest BCUT2D eigenvalue weighted by Crippen LogP contribution is 2.46. The van der Waals surface area contributed by atoms with E-state index in [-0.39, 0.29) is 35.5 Å². The molecule has 4 rings (SSSR count). The van der Waals surface area contributed by atoms with Gasteiger partial charge in [0, 0.05) is 27.2 Å². The number of hydrogen-bond acceptors (Lipinski definition) is 6. The van der Waals surface area contributed by atoms with E-state index in [2.05, 4.69) is 0 Å². The molecule has 1 heterocycles. The minimum absolute atomic E-state index is 0.0112. The third-order valence-corrected chi connectivity index (χ3v) is 8.70. The summed E-state index contributed by atoms with van der Waals surface area (Å²) in [5, 5.41) is 11.0. The third-order valence-electron chi connectivity index (χ3n) is 8.39. The molecule has 1 aliphatic heterocycles. The highest BCUT2D eigenvalue weighted by atomic mass is 35.5. The maximum atomic E-state index is 13.9. The second-order valence-corrected chi connectivity index (χ2v) is 11.8. The number of halogens is 4. The van der Waals surface area contributed by atoms with Crippen molar-refractivity contribution in [1.29, 1.82) is 0 Å². The van der Waals surface area contributed by atoms with Crippen LogP contribution in [0, 0.1) is 5.41 Å². The Morgan fingerprint density at radius 2 is 1.76 bits per heavy atom. The van der Waals surface area contributed by atoms with Crippen LogP contribution in [0.3, 0.4) is 0 Å². The zero-order valence-electron chi connectivity index (χ0n) is 23.7. The molecule has 7 nitrogen and oxygen atoms in total. The number of carbonyl (C=O) groups is 1. The van der Waals surface area contributed by atoms with Gasteiger partial charge in [0.25, 0.3) is 5.91 Å². The SMILES string of the molecule is COc1cccc(C(O)(COCN2CCC3(CCC(Oc4ccc(C(=O)N(C)C)c(Cl)c4)CC3)CC2)C(F)(F)F)c1. The summed E-state index contributed by atoms with van der Waals surface area (Å²) < 4.78 is 58.3. The molecule has 1 aliphatic carbocycles. The number of piperidine rings is 1. The number of rotatable bonds is 9. The smallest absolute Gasteiger partial charge is 0.423 e. The van der Waals surface area contributed by atoms with E-state index in [1.54, 1.807) is 32.3 Å². The van der Waals surface area contributed by atoms with E-state index < -0.39 is 18.4 Å². The number of methoxy groups -OCH3 is 1. The van der Waals surface area contributed by atoms with E-state index in [0.29, 0.717) is 29.4 Å². The number of amides is 1. The summed E-state index contributed by atoms with van der Waals surface area (Å²) in [6.07, 6.45) is 0.790. The Kier molecular flexibility index (Phi) is 9.78. The molecule has 2 fully saturated rings. The number of likely N-dealkylation sites (tertiary alicyclic amines) is 1. The fraction of sp³-hybridized carbons (Fsp3) is 0.567. The molecule has 0 radical (unpaired) electrons. The van der Waals surface area contributed by atoms with Gasteiger partial charge in [-0.05, 0) is 79.8 Å². The second-order valence-electron chi connectivity index (χ2n) is 11.3. The molecule has 226 valence electrons. The third kappa shape index (κ3) is 7.28. The molecule has 1 spiro atoms. The zero-order valence-corrected chi connectivity index (χ0v) is 24.4. The number of nitrogens with zero attached hydrogens (tertiary/aromatic N) is 2. The minimum Gasteiger partial charge on any atom is -0.497 e. The van der Waals surface area contributed by atoms with Gasteiger partial charge in [-0.3, -0.25) is 9.69 Å². The second kappa shape index (κ2) is 12.8. The van der Waals surface area contributed by atoms with Crippen LogP contribution in [0.2, 0.25) is 5.02 Å². The largest absolute Gasteiger partial charge is 0.497 e. The van der Waals surface area contributed by atoms with Crippen molar-refractivity contribution >= 4 is 17.5 Å². The Labute approximate surface area is 244 Å². The molecule has 1 saturated heterocycles. The molecule has 1 unspecified atom stereocenters. The lowest BCUT2D eigenvalue weighted by Crippen LogP contribution is -2.48. The summed E-state index contributed by atoms with van der Waals surface area (Å²) in [4.78, 5) is 15.7. The molecule has 11 heteroatoms. The van der Waals surface area contributed by atoms with E-state index in [0.717, 1.165) is 38.5 Å². The Bertz CT molecular complexity index is 1190. The first-order chi connectivity index (χ1) is 19.4. The van der Waals surface area contributed by atoms with Crippen LogP contribution in [0.1, 0.15) is 54.4 Å². The molecule has 0 bridgehead atoms. The Hall–Kier alpha value is -2.53. The summed E-state index contributed by atoms with van der Waals surface area (Å²) in [7, 11) is 4.71. The molecule has 1 saturated carbocycles. The number of carbonyl (C=O) groups excluding carboxylic acids is 1. The molecule has 1 N–H and O–H groups in total. The molecular formula is C30H38ClF3N2O5. The van der Waals surface area contributed by atoms with Crippen LogP contribution in [0.5, 0.6) is 11.5 Å². The van der Waals surface area contributed by atoms with Gasteiger partial charge in [-0.2, -0.15) is 13.2 Å². The van der Waals surface area contributed by atoms with Gasteiger partial charge < -0.3 is 24.2 Å². The number of hydrogen-bond donors (Lipinski definition) is 1. The first-order valence-corrected chi connectivity index (χ1v) is 14.2. The van der Waals surface area contributed by atoms with E-state index >= 15 is 0 Å². The topological polar surface area (TPSA) is 71.5 Å². The van der Waals surface area contributed by atoms with Crippen molar-refractivity contribution in [2.75, 3.05) is 47.6 Å². The van der Waals surface area contributed by atoms with Gasteiger partial charge in [0.15, 0.2) is 0 Å². The molecule has 2 aliphatic rings. The van der Waals surface area contributed by atoms with Crippen LogP contribution >= 0.6 is 11.6 Å². The summed E-state index contributed by atoms with van der Waals surface area (Å²) in [5.41, 5.74) is -2.83. The fourth-order valence-corrected chi connectivity index (χ4v) is 5.94. The lowest BCUT2D eigenvalue weighted by atomic mass is 9.67. The van der Waals surface area contributed by atoms with Gasteiger partial charge in [0.1, 0.15) is 11.5 Å². The first kappa shape index (κ1) is 31.4. The van der Waals surface area contributed by atoms with Crippen LogP contribution in [0.25, 0.3) is 0 Å². The van der Waals surface area contributed by atoms with Gasteiger partial charge in [-0.1, -0.05) is 23.7 Å². The molecular weight excluding hydrogens is 561 g/mol. The summed E-state index contributed by atoms with van der Waals surface area (Å²) in [6, 6.07) is 10.5.